The van der Waals surface area contributed by atoms with Crippen molar-refractivity contribution in [3.63, 3.8) is 0 Å². The molecule has 0 fully saturated rings. The molecule has 0 N–H and O–H groups in total. The number of amides is 1. The largest absolute Gasteiger partial charge is 0.497 e. The average molecular weight is 412 g/mol. The summed E-state index contributed by atoms with van der Waals surface area (Å²) < 4.78 is 15.8. The van der Waals surface area contributed by atoms with Crippen LogP contribution in [0, 0.1) is 17.0 Å². The summed E-state index contributed by atoms with van der Waals surface area (Å²) in [7, 11) is 3.17. The highest BCUT2D eigenvalue weighted by molar-refractivity contribution is 5.77. The predicted molar refractivity (Wildman–Crippen MR) is 106 cm³/mol. The number of rotatable bonds is 8. The average Bonchev–Trinajstić information content (AvgIpc) is 3.20. The zero-order valence-electron chi connectivity index (χ0n) is 16.7. The second kappa shape index (κ2) is 9.03. The monoisotopic (exact) mass is 412 g/mol. The molecule has 10 heteroatoms. The van der Waals surface area contributed by atoms with E-state index >= 15 is 0 Å². The second-order valence-corrected chi connectivity index (χ2v) is 6.48. The standard InChI is InChI=1S/C20H20N4O6/c1-13-10-16(8-9-17(13)24(26)27)29-12-19(25)23(2)11-18-21-20(22-30-18)14-4-6-15(28-3)7-5-14/h4-10H,11-12H2,1-3H3. The summed E-state index contributed by atoms with van der Waals surface area (Å²) in [6, 6.07) is 11.5. The fourth-order valence-electron chi connectivity index (χ4n) is 2.65. The maximum absolute atomic E-state index is 12.3. The summed E-state index contributed by atoms with van der Waals surface area (Å²) in [5.74, 6) is 1.47. The van der Waals surface area contributed by atoms with Gasteiger partial charge in [0.15, 0.2) is 6.61 Å². The Hall–Kier alpha value is -3.95. The second-order valence-electron chi connectivity index (χ2n) is 6.48. The third-order valence-corrected chi connectivity index (χ3v) is 4.34. The Bertz CT molecular complexity index is 1050. The molecular weight excluding hydrogens is 392 g/mol. The Morgan fingerprint density at radius 2 is 1.90 bits per heavy atom. The van der Waals surface area contributed by atoms with Gasteiger partial charge in [0.05, 0.1) is 18.6 Å². The molecule has 1 amide bonds. The summed E-state index contributed by atoms with van der Waals surface area (Å²) >= 11 is 0. The molecule has 0 unspecified atom stereocenters. The Kier molecular flexibility index (Phi) is 6.26. The molecular formula is C20H20N4O6. The first-order valence-electron chi connectivity index (χ1n) is 8.96. The fourth-order valence-corrected chi connectivity index (χ4v) is 2.65. The van der Waals surface area contributed by atoms with Crippen LogP contribution in [0.25, 0.3) is 11.4 Å². The van der Waals surface area contributed by atoms with Crippen molar-refractivity contribution in [2.24, 2.45) is 0 Å². The lowest BCUT2D eigenvalue weighted by Gasteiger charge is -2.15. The van der Waals surface area contributed by atoms with Crippen LogP contribution in [-0.2, 0) is 11.3 Å². The van der Waals surface area contributed by atoms with E-state index in [0.29, 0.717) is 17.1 Å². The molecule has 0 atom stereocenters. The van der Waals surface area contributed by atoms with Crippen molar-refractivity contribution in [2.45, 2.75) is 13.5 Å². The van der Waals surface area contributed by atoms with E-state index in [9.17, 15) is 14.9 Å². The first-order valence-corrected chi connectivity index (χ1v) is 8.96. The smallest absolute Gasteiger partial charge is 0.272 e. The summed E-state index contributed by atoms with van der Waals surface area (Å²) in [5.41, 5.74) is 1.21. The maximum atomic E-state index is 12.3. The number of hydrogen-bond donors (Lipinski definition) is 0. The van der Waals surface area contributed by atoms with Gasteiger partial charge in [0.2, 0.25) is 11.7 Å². The van der Waals surface area contributed by atoms with Crippen LogP contribution in [0.4, 0.5) is 5.69 Å². The van der Waals surface area contributed by atoms with Gasteiger partial charge in [0.25, 0.3) is 11.6 Å². The van der Waals surface area contributed by atoms with Gasteiger partial charge in [0, 0.05) is 24.2 Å². The van der Waals surface area contributed by atoms with Gasteiger partial charge in [-0.05, 0) is 43.3 Å². The van der Waals surface area contributed by atoms with Gasteiger partial charge >= 0.3 is 0 Å². The summed E-state index contributed by atoms with van der Waals surface area (Å²) in [6.07, 6.45) is 0. The number of aromatic nitrogens is 2. The van der Waals surface area contributed by atoms with Gasteiger partial charge in [-0.25, -0.2) is 0 Å². The van der Waals surface area contributed by atoms with Crippen molar-refractivity contribution in [1.82, 2.24) is 15.0 Å². The third kappa shape index (κ3) is 4.90. The molecule has 10 nitrogen and oxygen atoms in total. The Balaban J connectivity index is 1.56. The van der Waals surface area contributed by atoms with Crippen molar-refractivity contribution < 1.29 is 23.7 Å². The molecule has 156 valence electrons. The van der Waals surface area contributed by atoms with Crippen LogP contribution in [0.2, 0.25) is 0 Å². The van der Waals surface area contributed by atoms with E-state index in [0.717, 1.165) is 11.3 Å². The van der Waals surface area contributed by atoms with E-state index < -0.39 is 4.92 Å². The lowest BCUT2D eigenvalue weighted by atomic mass is 10.2. The first-order chi connectivity index (χ1) is 14.4. The number of carbonyl (C=O) groups is 1. The molecule has 0 bridgehead atoms. The predicted octanol–water partition coefficient (Wildman–Crippen LogP) is 3.00. The molecule has 0 aliphatic carbocycles. The number of hydrogen-bond acceptors (Lipinski definition) is 8. The van der Waals surface area contributed by atoms with Gasteiger partial charge in [-0.1, -0.05) is 5.16 Å². The van der Waals surface area contributed by atoms with Gasteiger partial charge in [-0.15, -0.1) is 0 Å². The highest BCUT2D eigenvalue weighted by atomic mass is 16.6. The topological polar surface area (TPSA) is 121 Å². The fraction of sp³-hybridized carbons (Fsp3) is 0.250. The summed E-state index contributed by atoms with van der Waals surface area (Å²) in [4.78, 5) is 28.4. The van der Waals surface area contributed by atoms with Crippen molar-refractivity contribution >= 4 is 11.6 Å². The number of nitro benzene ring substituents is 1. The Morgan fingerprint density at radius 3 is 2.53 bits per heavy atom. The third-order valence-electron chi connectivity index (χ3n) is 4.34. The molecule has 1 aromatic heterocycles. The number of likely N-dealkylation sites (N-methyl/N-ethyl adjacent to an activating group) is 1. The molecule has 0 aliphatic heterocycles. The molecule has 3 aromatic rings. The quantitative estimate of drug-likeness (QED) is 0.409. The lowest BCUT2D eigenvalue weighted by Crippen LogP contribution is -2.31. The normalized spacial score (nSPS) is 10.5. The molecule has 2 aromatic carbocycles. The molecule has 30 heavy (non-hydrogen) atoms. The van der Waals surface area contributed by atoms with Crippen LogP contribution in [-0.4, -0.2) is 46.6 Å². The van der Waals surface area contributed by atoms with Crippen LogP contribution in [0.15, 0.2) is 47.0 Å². The molecule has 0 radical (unpaired) electrons. The van der Waals surface area contributed by atoms with Crippen molar-refractivity contribution in [2.75, 3.05) is 20.8 Å². The van der Waals surface area contributed by atoms with E-state index in [2.05, 4.69) is 10.1 Å². The van der Waals surface area contributed by atoms with E-state index in [1.807, 2.05) is 12.1 Å². The van der Waals surface area contributed by atoms with Crippen molar-refractivity contribution in [3.8, 4) is 22.9 Å². The van der Waals surface area contributed by atoms with E-state index in [1.165, 1.54) is 23.1 Å². The van der Waals surface area contributed by atoms with Gasteiger partial charge in [-0.3, -0.25) is 14.9 Å². The molecule has 0 saturated heterocycles. The van der Waals surface area contributed by atoms with Gasteiger partial charge in [-0.2, -0.15) is 4.98 Å². The van der Waals surface area contributed by atoms with Crippen molar-refractivity contribution in [3.05, 3.63) is 64.0 Å². The SMILES string of the molecule is COc1ccc(-c2noc(CN(C)C(=O)COc3ccc([N+](=O)[O-])c(C)c3)n2)cc1. The highest BCUT2D eigenvalue weighted by Crippen LogP contribution is 2.23. The number of ether oxygens (including phenoxy) is 2. The number of nitro groups is 1. The van der Waals surface area contributed by atoms with Crippen LogP contribution in [0.3, 0.4) is 0 Å². The number of nitrogens with zero attached hydrogens (tertiary/aromatic N) is 4. The van der Waals surface area contributed by atoms with Gasteiger partial charge < -0.3 is 18.9 Å². The molecule has 0 saturated carbocycles. The Morgan fingerprint density at radius 1 is 1.20 bits per heavy atom. The Labute approximate surface area is 172 Å². The minimum absolute atomic E-state index is 0.00477. The maximum Gasteiger partial charge on any atom is 0.272 e. The molecule has 0 spiro atoms. The lowest BCUT2D eigenvalue weighted by molar-refractivity contribution is -0.385. The van der Waals surface area contributed by atoms with E-state index in [1.54, 1.807) is 33.2 Å². The van der Waals surface area contributed by atoms with E-state index in [-0.39, 0.29) is 30.6 Å². The van der Waals surface area contributed by atoms with Crippen molar-refractivity contribution in [1.29, 1.82) is 0 Å². The molecule has 0 aliphatic rings. The summed E-state index contributed by atoms with van der Waals surface area (Å²) in [5, 5.41) is 14.8. The first kappa shape index (κ1) is 20.8. The highest BCUT2D eigenvalue weighted by Gasteiger charge is 2.16. The zero-order valence-corrected chi connectivity index (χ0v) is 16.7. The minimum Gasteiger partial charge on any atom is -0.497 e. The summed E-state index contributed by atoms with van der Waals surface area (Å²) in [6.45, 7) is 1.49. The number of benzene rings is 2. The number of methoxy groups -OCH3 is 1. The van der Waals surface area contributed by atoms with E-state index in [4.69, 9.17) is 14.0 Å². The van der Waals surface area contributed by atoms with Crippen LogP contribution in [0.5, 0.6) is 11.5 Å². The van der Waals surface area contributed by atoms with Crippen LogP contribution < -0.4 is 9.47 Å². The number of aryl methyl sites for hydroxylation is 1. The number of carbonyl (C=O) groups excluding carboxylic acids is 1. The zero-order chi connectivity index (χ0) is 21.7. The van der Waals surface area contributed by atoms with Gasteiger partial charge in [0.1, 0.15) is 11.5 Å². The van der Waals surface area contributed by atoms with Crippen LogP contribution >= 0.6 is 0 Å². The minimum atomic E-state index is -0.470. The van der Waals surface area contributed by atoms with Crippen LogP contribution in [0.1, 0.15) is 11.5 Å². The molecule has 1 heterocycles. The molecule has 3 rings (SSSR count).